The molecule has 0 bridgehead atoms. The Morgan fingerprint density at radius 1 is 1.11 bits per heavy atom. The second-order valence-electron chi connectivity index (χ2n) is 7.18. The fraction of sp³-hybridized carbons (Fsp3) is 0.273. The summed E-state index contributed by atoms with van der Waals surface area (Å²) in [7, 11) is 0. The van der Waals surface area contributed by atoms with Crippen LogP contribution in [0.3, 0.4) is 0 Å². The number of nitrogens with zero attached hydrogens (tertiary/aromatic N) is 2. The highest BCUT2D eigenvalue weighted by atomic mass is 32.2. The Bertz CT molecular complexity index is 903. The Balaban J connectivity index is 1.58. The van der Waals surface area contributed by atoms with Crippen molar-refractivity contribution >= 4 is 17.7 Å². The van der Waals surface area contributed by atoms with Crippen LogP contribution >= 0.6 is 11.8 Å². The predicted octanol–water partition coefficient (Wildman–Crippen LogP) is 4.37. The largest absolute Gasteiger partial charge is 0.355 e. The summed E-state index contributed by atoms with van der Waals surface area (Å²) in [5.41, 5.74) is 3.36. The molecule has 0 atom stereocenters. The Morgan fingerprint density at radius 3 is 2.56 bits per heavy atom. The fourth-order valence-corrected chi connectivity index (χ4v) is 3.70. The third kappa shape index (κ3) is 4.80. The molecule has 0 aliphatic carbocycles. The molecule has 0 saturated heterocycles. The van der Waals surface area contributed by atoms with Crippen molar-refractivity contribution in [1.29, 1.82) is 0 Å². The van der Waals surface area contributed by atoms with Crippen molar-refractivity contribution in [2.24, 2.45) is 0 Å². The van der Waals surface area contributed by atoms with Crippen LogP contribution in [0.15, 0.2) is 72.1 Å². The van der Waals surface area contributed by atoms with E-state index in [9.17, 15) is 4.79 Å². The zero-order valence-electron chi connectivity index (χ0n) is 16.0. The minimum atomic E-state index is -0.110. The number of hydrogen-bond donors (Lipinski definition) is 1. The number of carbonyl (C=O) groups excluding carboxylic acids is 1. The van der Waals surface area contributed by atoms with E-state index in [0.29, 0.717) is 12.3 Å². The number of thioether (sulfide) groups is 1. The molecule has 0 fully saturated rings. The first-order chi connectivity index (χ1) is 13.0. The minimum absolute atomic E-state index is 0.0170. The normalized spacial score (nSPS) is 11.4. The lowest BCUT2D eigenvalue weighted by Crippen LogP contribution is -2.37. The van der Waals surface area contributed by atoms with Crippen LogP contribution in [-0.4, -0.2) is 27.8 Å². The van der Waals surface area contributed by atoms with E-state index in [-0.39, 0.29) is 11.3 Å². The van der Waals surface area contributed by atoms with Gasteiger partial charge in [-0.25, -0.2) is 4.98 Å². The molecule has 1 aromatic heterocycles. The molecule has 1 heterocycles. The summed E-state index contributed by atoms with van der Waals surface area (Å²) in [5, 5.41) is 3.88. The molecule has 5 heteroatoms. The van der Waals surface area contributed by atoms with Gasteiger partial charge in [-0.15, -0.1) is 0 Å². The summed E-state index contributed by atoms with van der Waals surface area (Å²) in [6.45, 7) is 6.95. The molecular formula is C22H25N3OS. The molecule has 0 radical (unpaired) electrons. The maximum atomic E-state index is 12.4. The first kappa shape index (κ1) is 19.2. The van der Waals surface area contributed by atoms with Crippen LogP contribution in [0.5, 0.6) is 0 Å². The first-order valence-corrected chi connectivity index (χ1v) is 10.0. The average Bonchev–Trinajstić information content (AvgIpc) is 3.14. The van der Waals surface area contributed by atoms with Gasteiger partial charge in [-0.3, -0.25) is 9.36 Å². The van der Waals surface area contributed by atoms with Crippen molar-refractivity contribution < 1.29 is 4.79 Å². The summed E-state index contributed by atoms with van der Waals surface area (Å²) < 4.78 is 2.03. The standard InChI is InChI=1S/C22H25N3OS/c1-17-9-7-8-12-19(17)25-14-13-23-21(25)27-15-20(26)24-16-22(2,3)18-10-5-4-6-11-18/h4-14H,15-16H2,1-3H3,(H,24,26). The van der Waals surface area contributed by atoms with E-state index < -0.39 is 0 Å². The quantitative estimate of drug-likeness (QED) is 0.620. The summed E-state index contributed by atoms with van der Waals surface area (Å²) in [6.07, 6.45) is 3.70. The second kappa shape index (κ2) is 8.44. The third-order valence-electron chi connectivity index (χ3n) is 4.60. The molecule has 4 nitrogen and oxygen atoms in total. The van der Waals surface area contributed by atoms with E-state index in [1.165, 1.54) is 22.9 Å². The summed E-state index contributed by atoms with van der Waals surface area (Å²) in [5.74, 6) is 0.358. The zero-order chi connectivity index (χ0) is 19.3. The van der Waals surface area contributed by atoms with E-state index >= 15 is 0 Å². The van der Waals surface area contributed by atoms with Gasteiger partial charge in [0.05, 0.1) is 11.4 Å². The van der Waals surface area contributed by atoms with Crippen molar-refractivity contribution in [1.82, 2.24) is 14.9 Å². The second-order valence-corrected chi connectivity index (χ2v) is 8.12. The Kier molecular flexibility index (Phi) is 6.01. The van der Waals surface area contributed by atoms with E-state index in [0.717, 1.165) is 10.8 Å². The van der Waals surface area contributed by atoms with E-state index in [1.54, 1.807) is 6.20 Å². The van der Waals surface area contributed by atoms with Gasteiger partial charge in [0.2, 0.25) is 5.91 Å². The highest BCUT2D eigenvalue weighted by molar-refractivity contribution is 7.99. The molecule has 1 N–H and O–H groups in total. The van der Waals surface area contributed by atoms with E-state index in [1.807, 2.05) is 41.1 Å². The molecule has 0 aliphatic rings. The maximum Gasteiger partial charge on any atom is 0.230 e. The molecule has 3 rings (SSSR count). The Hall–Kier alpha value is -2.53. The number of aromatic nitrogens is 2. The highest BCUT2D eigenvalue weighted by Crippen LogP contribution is 2.23. The van der Waals surface area contributed by atoms with Crippen LogP contribution in [0.2, 0.25) is 0 Å². The predicted molar refractivity (Wildman–Crippen MR) is 112 cm³/mol. The number of imidazole rings is 1. The van der Waals surface area contributed by atoms with Crippen LogP contribution in [-0.2, 0) is 10.2 Å². The van der Waals surface area contributed by atoms with Gasteiger partial charge in [0.15, 0.2) is 5.16 Å². The molecule has 3 aromatic rings. The van der Waals surface area contributed by atoms with Crippen LogP contribution in [0, 0.1) is 6.92 Å². The number of nitrogens with one attached hydrogen (secondary N) is 1. The van der Waals surface area contributed by atoms with Gasteiger partial charge in [0.1, 0.15) is 0 Å². The fourth-order valence-electron chi connectivity index (χ4n) is 2.91. The molecule has 0 spiro atoms. The van der Waals surface area contributed by atoms with Crippen LogP contribution < -0.4 is 5.32 Å². The molecule has 0 saturated carbocycles. The van der Waals surface area contributed by atoms with Crippen molar-refractivity contribution in [3.8, 4) is 5.69 Å². The van der Waals surface area contributed by atoms with Crippen molar-refractivity contribution in [2.75, 3.05) is 12.3 Å². The van der Waals surface area contributed by atoms with Crippen molar-refractivity contribution in [3.05, 3.63) is 78.1 Å². The van der Waals surface area contributed by atoms with Crippen molar-refractivity contribution in [3.63, 3.8) is 0 Å². The van der Waals surface area contributed by atoms with Gasteiger partial charge in [0, 0.05) is 24.4 Å². The summed E-state index contributed by atoms with van der Waals surface area (Å²) in [6, 6.07) is 18.4. The first-order valence-electron chi connectivity index (χ1n) is 9.02. The Labute approximate surface area is 165 Å². The number of carbonyl (C=O) groups is 1. The van der Waals surface area contributed by atoms with Gasteiger partial charge in [-0.05, 0) is 24.1 Å². The number of amides is 1. The maximum absolute atomic E-state index is 12.4. The van der Waals surface area contributed by atoms with Gasteiger partial charge in [0.25, 0.3) is 0 Å². The summed E-state index contributed by atoms with van der Waals surface area (Å²) in [4.78, 5) is 16.8. The molecule has 2 aromatic carbocycles. The molecule has 27 heavy (non-hydrogen) atoms. The lowest BCUT2D eigenvalue weighted by atomic mass is 9.85. The van der Waals surface area contributed by atoms with Crippen molar-refractivity contribution in [2.45, 2.75) is 31.3 Å². The molecular weight excluding hydrogens is 354 g/mol. The van der Waals surface area contributed by atoms with Gasteiger partial charge in [-0.1, -0.05) is 74.1 Å². The highest BCUT2D eigenvalue weighted by Gasteiger charge is 2.21. The topological polar surface area (TPSA) is 46.9 Å². The van der Waals surface area contributed by atoms with Crippen LogP contribution in [0.1, 0.15) is 25.0 Å². The lowest BCUT2D eigenvalue weighted by molar-refractivity contribution is -0.118. The number of benzene rings is 2. The van der Waals surface area contributed by atoms with Crippen LogP contribution in [0.25, 0.3) is 5.69 Å². The minimum Gasteiger partial charge on any atom is -0.355 e. The van der Waals surface area contributed by atoms with E-state index in [4.69, 9.17) is 0 Å². The average molecular weight is 380 g/mol. The van der Waals surface area contributed by atoms with E-state index in [2.05, 4.69) is 55.3 Å². The SMILES string of the molecule is Cc1ccccc1-n1ccnc1SCC(=O)NCC(C)(C)c1ccccc1. The zero-order valence-corrected chi connectivity index (χ0v) is 16.8. The van der Waals surface area contributed by atoms with Gasteiger partial charge in [-0.2, -0.15) is 0 Å². The monoisotopic (exact) mass is 379 g/mol. The molecule has 0 aliphatic heterocycles. The lowest BCUT2D eigenvalue weighted by Gasteiger charge is -2.25. The van der Waals surface area contributed by atoms with Crippen LogP contribution in [0.4, 0.5) is 0 Å². The molecule has 140 valence electrons. The van der Waals surface area contributed by atoms with Gasteiger partial charge >= 0.3 is 0 Å². The smallest absolute Gasteiger partial charge is 0.230 e. The number of aryl methyl sites for hydroxylation is 1. The Morgan fingerprint density at radius 2 is 1.81 bits per heavy atom. The van der Waals surface area contributed by atoms with Gasteiger partial charge < -0.3 is 5.32 Å². The number of para-hydroxylation sites is 1. The number of hydrogen-bond acceptors (Lipinski definition) is 3. The molecule has 1 amide bonds. The third-order valence-corrected chi connectivity index (χ3v) is 5.56. The number of rotatable bonds is 7. The molecule has 0 unspecified atom stereocenters. The summed E-state index contributed by atoms with van der Waals surface area (Å²) >= 11 is 1.45.